The predicted molar refractivity (Wildman–Crippen MR) is 111 cm³/mol. The Balaban J connectivity index is 1.97. The van der Waals surface area contributed by atoms with Crippen LogP contribution in [0.1, 0.15) is 38.2 Å². The number of carbonyl (C=O) groups excluding carboxylic acids is 3. The first-order chi connectivity index (χ1) is 14.3. The van der Waals surface area contributed by atoms with Gasteiger partial charge in [-0.3, -0.25) is 14.4 Å². The number of nitrogens with zero attached hydrogens (tertiary/aromatic N) is 3. The van der Waals surface area contributed by atoms with Crippen molar-refractivity contribution in [2.75, 3.05) is 20.1 Å². The molecule has 3 atom stereocenters. The number of nitriles is 1. The van der Waals surface area contributed by atoms with Crippen molar-refractivity contribution in [3.63, 3.8) is 0 Å². The molecule has 2 N–H and O–H groups in total. The van der Waals surface area contributed by atoms with Crippen LogP contribution in [0.15, 0.2) is 30.3 Å². The second-order valence-corrected chi connectivity index (χ2v) is 7.65. The highest BCUT2D eigenvalue weighted by Gasteiger charge is 2.36. The van der Waals surface area contributed by atoms with Gasteiger partial charge in [-0.15, -0.1) is 0 Å². The topological polar surface area (TPSA) is 114 Å². The molecule has 0 radical (unpaired) electrons. The number of amides is 3. The van der Waals surface area contributed by atoms with Crippen LogP contribution in [0.2, 0.25) is 0 Å². The number of likely N-dealkylation sites (N-methyl/N-ethyl adjacent to an activating group) is 1. The van der Waals surface area contributed by atoms with Crippen molar-refractivity contribution >= 4 is 17.7 Å². The zero-order chi connectivity index (χ0) is 22.1. The monoisotopic (exact) mass is 414 g/mol. The lowest BCUT2D eigenvalue weighted by Gasteiger charge is -2.38. The van der Waals surface area contributed by atoms with Crippen molar-refractivity contribution in [3.8, 4) is 6.07 Å². The molecule has 0 bridgehead atoms. The number of nitrogens with one attached hydrogen (secondary N) is 1. The van der Waals surface area contributed by atoms with E-state index in [1.165, 1.54) is 9.80 Å². The first-order valence-electron chi connectivity index (χ1n) is 10.3. The molecule has 162 valence electrons. The van der Waals surface area contributed by atoms with E-state index in [-0.39, 0.29) is 24.7 Å². The molecule has 3 amide bonds. The molecule has 1 saturated heterocycles. The van der Waals surface area contributed by atoms with E-state index < -0.39 is 24.1 Å². The van der Waals surface area contributed by atoms with Crippen molar-refractivity contribution in [1.82, 2.24) is 15.1 Å². The maximum absolute atomic E-state index is 13.0. The van der Waals surface area contributed by atoms with Gasteiger partial charge in [-0.25, -0.2) is 0 Å². The van der Waals surface area contributed by atoms with E-state index in [1.807, 2.05) is 36.4 Å². The summed E-state index contributed by atoms with van der Waals surface area (Å²) in [6.07, 6.45) is 1.30. The van der Waals surface area contributed by atoms with Gasteiger partial charge in [0.25, 0.3) is 0 Å². The molecule has 1 heterocycles. The summed E-state index contributed by atoms with van der Waals surface area (Å²) in [5.41, 5.74) is 0.821. The summed E-state index contributed by atoms with van der Waals surface area (Å²) < 4.78 is 0. The van der Waals surface area contributed by atoms with Crippen LogP contribution in [-0.4, -0.2) is 71.0 Å². The molecular weight excluding hydrogens is 384 g/mol. The molecule has 0 aromatic heterocycles. The lowest BCUT2D eigenvalue weighted by atomic mass is 9.99. The Morgan fingerprint density at radius 2 is 2.00 bits per heavy atom. The van der Waals surface area contributed by atoms with E-state index in [4.69, 9.17) is 5.26 Å². The number of likely N-dealkylation sites (tertiary alicyclic amines) is 1. The van der Waals surface area contributed by atoms with Crippen molar-refractivity contribution in [3.05, 3.63) is 35.9 Å². The lowest BCUT2D eigenvalue weighted by Crippen LogP contribution is -2.57. The van der Waals surface area contributed by atoms with Crippen LogP contribution in [0.25, 0.3) is 0 Å². The molecule has 0 aliphatic carbocycles. The van der Waals surface area contributed by atoms with Crippen molar-refractivity contribution in [1.29, 1.82) is 5.26 Å². The maximum Gasteiger partial charge on any atom is 0.249 e. The second-order valence-electron chi connectivity index (χ2n) is 7.65. The van der Waals surface area contributed by atoms with E-state index in [9.17, 15) is 19.5 Å². The highest BCUT2D eigenvalue weighted by molar-refractivity contribution is 5.92. The number of benzene rings is 1. The molecule has 30 heavy (non-hydrogen) atoms. The zero-order valence-electron chi connectivity index (χ0n) is 17.6. The van der Waals surface area contributed by atoms with Gasteiger partial charge in [0.15, 0.2) is 0 Å². The van der Waals surface area contributed by atoms with Crippen LogP contribution < -0.4 is 5.32 Å². The van der Waals surface area contributed by atoms with Gasteiger partial charge in [-0.05, 0) is 31.7 Å². The minimum absolute atomic E-state index is 0.155. The quantitative estimate of drug-likeness (QED) is 0.655. The lowest BCUT2D eigenvalue weighted by molar-refractivity contribution is -0.149. The van der Waals surface area contributed by atoms with Crippen LogP contribution in [0.5, 0.6) is 0 Å². The van der Waals surface area contributed by atoms with Crippen LogP contribution in [0.4, 0.5) is 0 Å². The smallest absolute Gasteiger partial charge is 0.249 e. The third-order valence-electron chi connectivity index (χ3n) is 5.31. The predicted octanol–water partition coefficient (Wildman–Crippen LogP) is 0.848. The first-order valence-corrected chi connectivity index (χ1v) is 10.3. The van der Waals surface area contributed by atoms with Crippen LogP contribution in [0, 0.1) is 11.3 Å². The first kappa shape index (κ1) is 23.4. The summed E-state index contributed by atoms with van der Waals surface area (Å²) in [6, 6.07) is 9.70. The van der Waals surface area contributed by atoms with E-state index >= 15 is 0 Å². The van der Waals surface area contributed by atoms with E-state index in [2.05, 4.69) is 5.32 Å². The zero-order valence-corrected chi connectivity index (χ0v) is 17.6. The Morgan fingerprint density at radius 1 is 1.30 bits per heavy atom. The van der Waals surface area contributed by atoms with Gasteiger partial charge in [-0.1, -0.05) is 30.3 Å². The number of carbonyl (C=O) groups is 3. The SMILES string of the molecule is CC(NC(=O)C(O)Cc1ccccc1)C(=O)N1CCCCC1C(=O)N(C)CCC#N. The van der Waals surface area contributed by atoms with Gasteiger partial charge >= 0.3 is 0 Å². The minimum Gasteiger partial charge on any atom is -0.383 e. The molecular formula is C22H30N4O4. The van der Waals surface area contributed by atoms with Gasteiger partial charge in [0, 0.05) is 26.6 Å². The van der Waals surface area contributed by atoms with E-state index in [0.717, 1.165) is 18.4 Å². The molecule has 1 fully saturated rings. The maximum atomic E-state index is 13.0. The van der Waals surface area contributed by atoms with Gasteiger partial charge < -0.3 is 20.2 Å². The fourth-order valence-corrected chi connectivity index (χ4v) is 3.58. The highest BCUT2D eigenvalue weighted by atomic mass is 16.3. The average Bonchev–Trinajstić information content (AvgIpc) is 2.76. The number of hydrogen-bond donors (Lipinski definition) is 2. The number of piperidine rings is 1. The molecule has 2 rings (SSSR count). The molecule has 8 heteroatoms. The van der Waals surface area contributed by atoms with Gasteiger partial charge in [-0.2, -0.15) is 5.26 Å². The summed E-state index contributed by atoms with van der Waals surface area (Å²) >= 11 is 0. The molecule has 8 nitrogen and oxygen atoms in total. The van der Waals surface area contributed by atoms with E-state index in [1.54, 1.807) is 14.0 Å². The number of aliphatic hydroxyl groups excluding tert-OH is 1. The number of aliphatic hydroxyl groups is 1. The molecule has 1 aromatic rings. The third-order valence-corrected chi connectivity index (χ3v) is 5.31. The molecule has 0 saturated carbocycles. The summed E-state index contributed by atoms with van der Waals surface area (Å²) in [6.45, 7) is 2.31. The molecule has 0 spiro atoms. The van der Waals surface area contributed by atoms with Gasteiger partial charge in [0.2, 0.25) is 17.7 Å². The Morgan fingerprint density at radius 3 is 2.67 bits per heavy atom. The largest absolute Gasteiger partial charge is 0.383 e. The minimum atomic E-state index is -1.27. The molecule has 3 unspecified atom stereocenters. The molecule has 1 aromatic carbocycles. The molecule has 1 aliphatic rings. The Labute approximate surface area is 177 Å². The standard InChI is InChI=1S/C22H30N4O4/c1-16(24-20(28)19(27)15-17-9-4-3-5-10-17)21(29)26-14-7-6-11-18(26)22(30)25(2)13-8-12-23/h3-5,9-10,16,18-19,27H,6-8,11,13-15H2,1-2H3,(H,24,28). The van der Waals surface area contributed by atoms with Crippen LogP contribution in [0.3, 0.4) is 0 Å². The summed E-state index contributed by atoms with van der Waals surface area (Å²) in [4.78, 5) is 41.1. The summed E-state index contributed by atoms with van der Waals surface area (Å²) in [5.74, 6) is -1.16. The van der Waals surface area contributed by atoms with Crippen LogP contribution >= 0.6 is 0 Å². The fourth-order valence-electron chi connectivity index (χ4n) is 3.58. The second kappa shape index (κ2) is 11.3. The van der Waals surface area contributed by atoms with Crippen LogP contribution in [-0.2, 0) is 20.8 Å². The average molecular weight is 415 g/mol. The van der Waals surface area contributed by atoms with Crippen molar-refractivity contribution < 1.29 is 19.5 Å². The number of hydrogen-bond acceptors (Lipinski definition) is 5. The van der Waals surface area contributed by atoms with E-state index in [0.29, 0.717) is 19.5 Å². The Bertz CT molecular complexity index is 777. The normalized spacial score (nSPS) is 18.1. The molecule has 1 aliphatic heterocycles. The highest BCUT2D eigenvalue weighted by Crippen LogP contribution is 2.20. The van der Waals surface area contributed by atoms with Crippen molar-refractivity contribution in [2.45, 2.75) is 57.2 Å². The number of rotatable bonds is 8. The van der Waals surface area contributed by atoms with Gasteiger partial charge in [0.05, 0.1) is 12.5 Å². The Hall–Kier alpha value is -2.92. The van der Waals surface area contributed by atoms with Crippen molar-refractivity contribution in [2.24, 2.45) is 0 Å². The summed E-state index contributed by atoms with van der Waals surface area (Å²) in [7, 11) is 1.63. The third kappa shape index (κ3) is 6.29. The Kier molecular flexibility index (Phi) is 8.81. The fraction of sp³-hybridized carbons (Fsp3) is 0.545. The van der Waals surface area contributed by atoms with Gasteiger partial charge in [0.1, 0.15) is 18.2 Å². The summed E-state index contributed by atoms with van der Waals surface area (Å²) in [5, 5.41) is 21.5.